The van der Waals surface area contributed by atoms with Crippen LogP contribution in [0, 0.1) is 0 Å². The summed E-state index contributed by atoms with van der Waals surface area (Å²) in [5.74, 6) is 3.04. The van der Waals surface area contributed by atoms with E-state index < -0.39 is 12.6 Å². The zero-order valence-corrected chi connectivity index (χ0v) is 31.6. The lowest BCUT2D eigenvalue weighted by Gasteiger charge is -2.45. The largest absolute Gasteiger partial charge is 0.457 e. The summed E-state index contributed by atoms with van der Waals surface area (Å²) in [5.41, 5.74) is 7.55. The van der Waals surface area contributed by atoms with Crippen molar-refractivity contribution in [3.63, 3.8) is 0 Å². The molecule has 0 saturated heterocycles. The molecule has 0 unspecified atom stereocenters. The van der Waals surface area contributed by atoms with Gasteiger partial charge in [0, 0.05) is 38.2 Å². The highest BCUT2D eigenvalue weighted by Crippen LogP contribution is 2.61. The Balaban J connectivity index is 0.00000195. The number of para-hydroxylation sites is 3. The lowest BCUT2D eigenvalue weighted by Crippen LogP contribution is -2.37. The first-order chi connectivity index (χ1) is 27.1. The van der Waals surface area contributed by atoms with Crippen molar-refractivity contribution in [2.75, 3.05) is 0 Å². The molecule has 266 valence electrons. The highest BCUT2D eigenvalue weighted by molar-refractivity contribution is 7.85. The SMILES string of the molecule is CC.O=P(c1cccc(-c2ccccc2)c1)(c1cccc(-c2ccccc2)c1)c1ccc2c(c1)Oc1ccccc1C21c2ccccc2Oc2ccccc21. The lowest BCUT2D eigenvalue weighted by atomic mass is 9.62. The van der Waals surface area contributed by atoms with Gasteiger partial charge in [0.1, 0.15) is 23.0 Å². The molecule has 0 atom stereocenters. The topological polar surface area (TPSA) is 35.5 Å². The van der Waals surface area contributed by atoms with Gasteiger partial charge in [-0.1, -0.05) is 178 Å². The van der Waals surface area contributed by atoms with Gasteiger partial charge in [-0.3, -0.25) is 0 Å². The fourth-order valence-corrected chi connectivity index (χ4v) is 11.0. The van der Waals surface area contributed by atoms with E-state index in [0.29, 0.717) is 11.1 Å². The van der Waals surface area contributed by atoms with E-state index in [1.165, 1.54) is 0 Å². The molecule has 0 radical (unpaired) electrons. The van der Waals surface area contributed by atoms with Crippen molar-refractivity contribution in [3.05, 3.63) is 222 Å². The molecule has 10 rings (SSSR count). The number of fused-ring (bicyclic) bond motifs is 8. The van der Waals surface area contributed by atoms with Gasteiger partial charge >= 0.3 is 0 Å². The van der Waals surface area contributed by atoms with Gasteiger partial charge in [-0.25, -0.2) is 0 Å². The molecule has 2 heterocycles. The molecule has 0 bridgehead atoms. The maximum atomic E-state index is 16.4. The number of hydrogen-bond acceptors (Lipinski definition) is 3. The second-order valence-electron chi connectivity index (χ2n) is 13.6. The maximum Gasteiger partial charge on any atom is 0.171 e. The van der Waals surface area contributed by atoms with E-state index in [2.05, 4.69) is 97.1 Å². The number of ether oxygens (including phenoxy) is 2. The smallest absolute Gasteiger partial charge is 0.171 e. The first kappa shape index (κ1) is 34.4. The van der Waals surface area contributed by atoms with Crippen LogP contribution in [0.25, 0.3) is 22.3 Å². The molecule has 0 aliphatic carbocycles. The van der Waals surface area contributed by atoms with Crippen molar-refractivity contribution >= 4 is 23.1 Å². The van der Waals surface area contributed by atoms with Crippen LogP contribution in [0.2, 0.25) is 0 Å². The quantitative estimate of drug-likeness (QED) is 0.165. The Morgan fingerprint density at radius 1 is 0.345 bits per heavy atom. The van der Waals surface area contributed by atoms with Crippen molar-refractivity contribution in [3.8, 4) is 45.3 Å². The Morgan fingerprint density at radius 3 is 1.18 bits per heavy atom. The Kier molecular flexibility index (Phi) is 8.81. The predicted molar refractivity (Wildman–Crippen MR) is 227 cm³/mol. The third-order valence-corrected chi connectivity index (χ3v) is 13.7. The molecular weight excluding hydrogens is 692 g/mol. The molecule has 1 spiro atoms. The number of hydrogen-bond donors (Lipinski definition) is 0. The van der Waals surface area contributed by atoms with E-state index in [9.17, 15) is 0 Å². The predicted octanol–water partition coefficient (Wildman–Crippen LogP) is 12.3. The van der Waals surface area contributed by atoms with Crippen molar-refractivity contribution in [2.24, 2.45) is 0 Å². The summed E-state index contributed by atoms with van der Waals surface area (Å²) >= 11 is 0. The van der Waals surface area contributed by atoms with Crippen LogP contribution in [-0.4, -0.2) is 0 Å². The lowest BCUT2D eigenvalue weighted by molar-refractivity contribution is 0.399. The Morgan fingerprint density at radius 2 is 0.709 bits per heavy atom. The molecule has 55 heavy (non-hydrogen) atoms. The standard InChI is InChI=1S/C49H33O3P.C2H6/c50-53(38-21-13-19-36(31-38)34-15-3-1-4-16-34,39-22-14-20-37(32-39)35-17-5-2-6-18-35)40-29-30-44-48(33-40)52-47-28-12-9-25-43(47)49(44)41-23-7-10-26-45(41)51-46-27-11-8-24-42(46)49;1-2/h1-33H;1-2H3. The minimum absolute atomic E-state index is 0.673. The number of rotatable bonds is 5. The highest BCUT2D eigenvalue weighted by atomic mass is 31.2. The summed E-state index contributed by atoms with van der Waals surface area (Å²) in [5, 5.41) is 2.23. The average molecular weight is 731 g/mol. The van der Waals surface area contributed by atoms with Crippen molar-refractivity contribution in [1.29, 1.82) is 0 Å². The summed E-state index contributed by atoms with van der Waals surface area (Å²) in [6.07, 6.45) is 0. The minimum Gasteiger partial charge on any atom is -0.457 e. The molecule has 0 N–H and O–H groups in total. The summed E-state index contributed by atoms with van der Waals surface area (Å²) in [7, 11) is -3.49. The highest BCUT2D eigenvalue weighted by Gasteiger charge is 2.50. The van der Waals surface area contributed by atoms with Crippen LogP contribution in [0.4, 0.5) is 0 Å². The summed E-state index contributed by atoms with van der Waals surface area (Å²) in [6.45, 7) is 4.00. The van der Waals surface area contributed by atoms with Gasteiger partial charge < -0.3 is 14.0 Å². The van der Waals surface area contributed by atoms with Gasteiger partial charge in [-0.05, 0) is 58.7 Å². The molecule has 8 aromatic carbocycles. The Hall–Kier alpha value is -6.41. The maximum absolute atomic E-state index is 16.4. The molecule has 2 aliphatic heterocycles. The van der Waals surface area contributed by atoms with E-state index in [4.69, 9.17) is 9.47 Å². The third-order valence-electron chi connectivity index (χ3n) is 10.7. The summed E-state index contributed by atoms with van der Waals surface area (Å²) in [4.78, 5) is 0. The molecule has 0 aromatic heterocycles. The summed E-state index contributed by atoms with van der Waals surface area (Å²) in [6, 6.07) is 67.9. The van der Waals surface area contributed by atoms with Gasteiger partial charge in [0.25, 0.3) is 0 Å². The van der Waals surface area contributed by atoms with Gasteiger partial charge in [0.2, 0.25) is 0 Å². The van der Waals surface area contributed by atoms with Crippen molar-refractivity contribution < 1.29 is 14.0 Å². The van der Waals surface area contributed by atoms with Crippen LogP contribution in [-0.2, 0) is 9.98 Å². The number of benzene rings is 8. The fourth-order valence-electron chi connectivity index (χ4n) is 8.28. The van der Waals surface area contributed by atoms with Crippen molar-refractivity contribution in [2.45, 2.75) is 19.3 Å². The molecule has 4 heteroatoms. The second kappa shape index (κ2) is 14.1. The van der Waals surface area contributed by atoms with E-state index in [1.807, 2.05) is 117 Å². The first-order valence-corrected chi connectivity index (χ1v) is 20.6. The monoisotopic (exact) mass is 730 g/mol. The van der Waals surface area contributed by atoms with Crippen LogP contribution in [0.15, 0.2) is 200 Å². The molecule has 0 amide bonds. The molecule has 2 aliphatic rings. The zero-order chi connectivity index (χ0) is 37.4. The molecule has 0 saturated carbocycles. The molecular formula is C51H39O3P. The van der Waals surface area contributed by atoms with E-state index in [1.54, 1.807) is 0 Å². The van der Waals surface area contributed by atoms with Crippen molar-refractivity contribution in [1.82, 2.24) is 0 Å². The Bertz CT molecular complexity index is 2570. The average Bonchev–Trinajstić information content (AvgIpc) is 3.27. The van der Waals surface area contributed by atoms with Gasteiger partial charge in [0.15, 0.2) is 7.14 Å². The van der Waals surface area contributed by atoms with Gasteiger partial charge in [-0.15, -0.1) is 0 Å². The Labute approximate surface area is 322 Å². The van der Waals surface area contributed by atoms with E-state index >= 15 is 4.57 Å². The normalized spacial score (nSPS) is 13.1. The molecule has 8 aromatic rings. The summed E-state index contributed by atoms with van der Waals surface area (Å²) < 4.78 is 29.8. The van der Waals surface area contributed by atoms with Gasteiger partial charge in [0.05, 0.1) is 5.41 Å². The van der Waals surface area contributed by atoms with Crippen LogP contribution in [0.3, 0.4) is 0 Å². The van der Waals surface area contributed by atoms with Crippen LogP contribution < -0.4 is 25.4 Å². The first-order valence-electron chi connectivity index (χ1n) is 18.9. The fraction of sp³-hybridized carbons (Fsp3) is 0.0588. The van der Waals surface area contributed by atoms with Crippen LogP contribution in [0.5, 0.6) is 23.0 Å². The minimum atomic E-state index is -3.49. The molecule has 3 nitrogen and oxygen atoms in total. The van der Waals surface area contributed by atoms with E-state index in [-0.39, 0.29) is 0 Å². The zero-order valence-electron chi connectivity index (χ0n) is 30.7. The molecule has 0 fully saturated rings. The van der Waals surface area contributed by atoms with Crippen LogP contribution in [0.1, 0.15) is 36.1 Å². The van der Waals surface area contributed by atoms with Gasteiger partial charge in [-0.2, -0.15) is 0 Å². The van der Waals surface area contributed by atoms with Crippen LogP contribution >= 0.6 is 7.14 Å². The van der Waals surface area contributed by atoms with E-state index in [0.717, 1.165) is 72.4 Å². The second-order valence-corrected chi connectivity index (χ2v) is 16.3. The third kappa shape index (κ3) is 5.54.